The van der Waals surface area contributed by atoms with E-state index in [0.717, 1.165) is 21.4 Å². The second-order valence-corrected chi connectivity index (χ2v) is 5.75. The molecule has 2 heterocycles. The number of anilines is 1. The van der Waals surface area contributed by atoms with Gasteiger partial charge in [-0.15, -0.1) is 11.3 Å². The fourth-order valence-electron chi connectivity index (χ4n) is 1.61. The highest BCUT2D eigenvalue weighted by Crippen LogP contribution is 2.24. The summed E-state index contributed by atoms with van der Waals surface area (Å²) in [5.74, 6) is -0.00517. The van der Waals surface area contributed by atoms with E-state index in [1.807, 2.05) is 30.1 Å². The highest BCUT2D eigenvalue weighted by molar-refractivity contribution is 7.16. The lowest BCUT2D eigenvalue weighted by Gasteiger charge is -2.18. The van der Waals surface area contributed by atoms with Crippen LogP contribution in [0, 0.1) is 0 Å². The van der Waals surface area contributed by atoms with Crippen LogP contribution in [0.4, 0.5) is 5.69 Å². The summed E-state index contributed by atoms with van der Waals surface area (Å²) in [5.41, 5.74) is 6.90. The largest absolute Gasteiger partial charge is 0.409 e. The van der Waals surface area contributed by atoms with Crippen molar-refractivity contribution >= 4 is 34.5 Å². The van der Waals surface area contributed by atoms with E-state index in [1.165, 1.54) is 0 Å². The van der Waals surface area contributed by atoms with Crippen molar-refractivity contribution in [2.75, 3.05) is 11.9 Å². The molecule has 5 nitrogen and oxygen atoms in total. The molecule has 0 fully saturated rings. The smallest absolute Gasteiger partial charge is 0.188 e. The minimum atomic E-state index is -0.00517. The number of hydrogen-bond donors (Lipinski definition) is 2. The first-order valence-electron chi connectivity index (χ1n) is 5.49. The number of thiophene rings is 1. The zero-order valence-electron chi connectivity index (χ0n) is 10.2. The Morgan fingerprint density at radius 1 is 1.53 bits per heavy atom. The molecule has 0 saturated carbocycles. The van der Waals surface area contributed by atoms with E-state index in [-0.39, 0.29) is 5.84 Å². The fraction of sp³-hybridized carbons (Fsp3) is 0.167. The maximum absolute atomic E-state index is 8.65. The minimum Gasteiger partial charge on any atom is -0.409 e. The number of hydrogen-bond acceptors (Lipinski definition) is 5. The van der Waals surface area contributed by atoms with Crippen molar-refractivity contribution in [2.45, 2.75) is 6.54 Å². The van der Waals surface area contributed by atoms with Gasteiger partial charge in [0, 0.05) is 23.8 Å². The fourth-order valence-corrected chi connectivity index (χ4v) is 2.75. The van der Waals surface area contributed by atoms with Crippen LogP contribution in [0.2, 0.25) is 4.34 Å². The number of nitrogens with two attached hydrogens (primary N) is 1. The highest BCUT2D eigenvalue weighted by atomic mass is 35.5. The molecule has 100 valence electrons. The summed E-state index contributed by atoms with van der Waals surface area (Å²) in [6.45, 7) is 0.733. The summed E-state index contributed by atoms with van der Waals surface area (Å²) in [5, 5.41) is 11.6. The van der Waals surface area contributed by atoms with Crippen molar-refractivity contribution in [3.63, 3.8) is 0 Å². The summed E-state index contributed by atoms with van der Waals surface area (Å²) in [7, 11) is 1.96. The van der Waals surface area contributed by atoms with E-state index in [4.69, 9.17) is 22.5 Å². The topological polar surface area (TPSA) is 74.7 Å². The van der Waals surface area contributed by atoms with Crippen molar-refractivity contribution in [3.8, 4) is 0 Å². The molecule has 0 aliphatic carbocycles. The molecule has 0 atom stereocenters. The van der Waals surface area contributed by atoms with Gasteiger partial charge in [-0.2, -0.15) is 0 Å². The van der Waals surface area contributed by atoms with Crippen LogP contribution in [0.3, 0.4) is 0 Å². The third-order valence-corrected chi connectivity index (χ3v) is 3.79. The van der Waals surface area contributed by atoms with Crippen LogP contribution in [0.5, 0.6) is 0 Å². The Hall–Kier alpha value is -1.79. The maximum Gasteiger partial charge on any atom is 0.188 e. The molecule has 0 aliphatic rings. The maximum atomic E-state index is 8.65. The molecule has 0 unspecified atom stereocenters. The van der Waals surface area contributed by atoms with Gasteiger partial charge in [0.1, 0.15) is 5.69 Å². The van der Waals surface area contributed by atoms with Crippen LogP contribution in [-0.2, 0) is 6.54 Å². The lowest BCUT2D eigenvalue weighted by Crippen LogP contribution is -2.19. The second-order valence-electron chi connectivity index (χ2n) is 3.95. The van der Waals surface area contributed by atoms with Crippen LogP contribution < -0.4 is 10.6 Å². The van der Waals surface area contributed by atoms with Crippen molar-refractivity contribution < 1.29 is 5.21 Å². The number of amidine groups is 1. The van der Waals surface area contributed by atoms with Gasteiger partial charge in [0.05, 0.1) is 10.9 Å². The number of nitrogens with zero attached hydrogens (tertiary/aromatic N) is 3. The molecule has 3 N–H and O–H groups in total. The van der Waals surface area contributed by atoms with E-state index < -0.39 is 0 Å². The summed E-state index contributed by atoms with van der Waals surface area (Å²) >= 11 is 7.45. The average Bonchev–Trinajstić information content (AvgIpc) is 2.83. The summed E-state index contributed by atoms with van der Waals surface area (Å²) in [6, 6.07) is 7.51. The van der Waals surface area contributed by atoms with Crippen molar-refractivity contribution in [2.24, 2.45) is 10.9 Å². The standard InChI is InChI=1S/C12H13ClN4OS/c1-17(7-9-2-3-11(13)19-9)8-4-5-15-10(6-8)12(14)16-18/h2-6,18H,7H2,1H3,(H2,14,16). The molecular formula is C12H13ClN4OS. The average molecular weight is 297 g/mol. The first-order chi connectivity index (χ1) is 9.10. The third-order valence-electron chi connectivity index (χ3n) is 2.58. The Morgan fingerprint density at radius 2 is 2.32 bits per heavy atom. The molecule has 0 bridgehead atoms. The zero-order valence-corrected chi connectivity index (χ0v) is 11.8. The molecule has 0 aliphatic heterocycles. The van der Waals surface area contributed by atoms with Gasteiger partial charge in [0.15, 0.2) is 5.84 Å². The first kappa shape index (κ1) is 13.6. The summed E-state index contributed by atoms with van der Waals surface area (Å²) in [6.07, 6.45) is 1.63. The van der Waals surface area contributed by atoms with Gasteiger partial charge in [-0.1, -0.05) is 16.8 Å². The van der Waals surface area contributed by atoms with Crippen LogP contribution in [0.15, 0.2) is 35.6 Å². The lowest BCUT2D eigenvalue weighted by atomic mass is 10.2. The van der Waals surface area contributed by atoms with E-state index in [2.05, 4.69) is 10.1 Å². The zero-order chi connectivity index (χ0) is 13.8. The molecule has 2 aromatic heterocycles. The van der Waals surface area contributed by atoms with E-state index in [0.29, 0.717) is 5.69 Å². The Labute approximate surface area is 119 Å². The molecule has 0 saturated heterocycles. The van der Waals surface area contributed by atoms with E-state index in [9.17, 15) is 0 Å². The van der Waals surface area contributed by atoms with E-state index in [1.54, 1.807) is 23.6 Å². The molecule has 0 aromatic carbocycles. The molecule has 0 radical (unpaired) electrons. The van der Waals surface area contributed by atoms with Gasteiger partial charge in [-0.3, -0.25) is 4.98 Å². The Bertz CT molecular complexity index is 599. The molecule has 7 heteroatoms. The predicted octanol–water partition coefficient (Wildman–Crippen LogP) is 2.53. The molecule has 0 amide bonds. The lowest BCUT2D eigenvalue weighted by molar-refractivity contribution is 0.318. The molecule has 2 aromatic rings. The second kappa shape index (κ2) is 5.90. The molecule has 19 heavy (non-hydrogen) atoms. The molecule has 2 rings (SSSR count). The minimum absolute atomic E-state index is 0.00517. The molecular weight excluding hydrogens is 284 g/mol. The Balaban J connectivity index is 2.17. The normalized spacial score (nSPS) is 11.6. The van der Waals surface area contributed by atoms with Crippen molar-refractivity contribution in [1.82, 2.24) is 4.98 Å². The predicted molar refractivity (Wildman–Crippen MR) is 78.2 cm³/mol. The highest BCUT2D eigenvalue weighted by Gasteiger charge is 2.07. The van der Waals surface area contributed by atoms with Gasteiger partial charge >= 0.3 is 0 Å². The first-order valence-corrected chi connectivity index (χ1v) is 6.69. The van der Waals surface area contributed by atoms with Gasteiger partial charge in [0.2, 0.25) is 0 Å². The van der Waals surface area contributed by atoms with Crippen molar-refractivity contribution in [1.29, 1.82) is 0 Å². The van der Waals surface area contributed by atoms with Gasteiger partial charge < -0.3 is 15.8 Å². The SMILES string of the molecule is CN(Cc1ccc(Cl)s1)c1ccnc(C(N)=NO)c1. The number of aromatic nitrogens is 1. The Morgan fingerprint density at radius 3 is 2.95 bits per heavy atom. The molecule has 0 spiro atoms. The summed E-state index contributed by atoms with van der Waals surface area (Å²) in [4.78, 5) is 7.24. The quantitative estimate of drug-likeness (QED) is 0.393. The number of pyridine rings is 1. The van der Waals surface area contributed by atoms with Gasteiger partial charge in [0.25, 0.3) is 0 Å². The Kier molecular flexibility index (Phi) is 4.24. The summed E-state index contributed by atoms with van der Waals surface area (Å²) < 4.78 is 0.774. The van der Waals surface area contributed by atoms with Crippen LogP contribution in [-0.4, -0.2) is 23.1 Å². The third kappa shape index (κ3) is 3.36. The van der Waals surface area contributed by atoms with E-state index >= 15 is 0 Å². The number of halogens is 1. The number of rotatable bonds is 4. The van der Waals surface area contributed by atoms with Crippen LogP contribution >= 0.6 is 22.9 Å². The van der Waals surface area contributed by atoms with Gasteiger partial charge in [-0.05, 0) is 24.3 Å². The van der Waals surface area contributed by atoms with Crippen LogP contribution in [0.1, 0.15) is 10.6 Å². The van der Waals surface area contributed by atoms with Crippen LogP contribution in [0.25, 0.3) is 0 Å². The monoisotopic (exact) mass is 296 g/mol. The van der Waals surface area contributed by atoms with Gasteiger partial charge in [-0.25, -0.2) is 0 Å². The number of oxime groups is 1. The van der Waals surface area contributed by atoms with Crippen molar-refractivity contribution in [3.05, 3.63) is 45.4 Å².